The van der Waals surface area contributed by atoms with E-state index in [0.717, 1.165) is 19.6 Å². The quantitative estimate of drug-likeness (QED) is 0.858. The van der Waals surface area contributed by atoms with Gasteiger partial charge in [0.1, 0.15) is 0 Å². The molecule has 1 saturated carbocycles. The second-order valence-corrected chi connectivity index (χ2v) is 8.10. The van der Waals surface area contributed by atoms with Gasteiger partial charge < -0.3 is 15.4 Å². The first kappa shape index (κ1) is 15.7. The van der Waals surface area contributed by atoms with Gasteiger partial charge in [0.15, 0.2) is 0 Å². The van der Waals surface area contributed by atoms with Crippen molar-refractivity contribution in [1.82, 2.24) is 9.80 Å². The molecule has 0 aromatic heterocycles. The Kier molecular flexibility index (Phi) is 4.11. The van der Waals surface area contributed by atoms with Gasteiger partial charge in [-0.15, -0.1) is 0 Å². The molecule has 2 heterocycles. The lowest BCUT2D eigenvalue weighted by molar-refractivity contribution is -0.165. The summed E-state index contributed by atoms with van der Waals surface area (Å²) in [5.74, 6) is 0.561. The maximum atomic E-state index is 6.96. The molecule has 122 valence electrons. The molecule has 2 aliphatic heterocycles. The van der Waals surface area contributed by atoms with Crippen LogP contribution in [0.15, 0.2) is 0 Å². The number of likely N-dealkylation sites (N-methyl/N-ethyl adjacent to an activating group) is 1. The molecule has 0 amide bonds. The van der Waals surface area contributed by atoms with Crippen molar-refractivity contribution >= 4 is 0 Å². The summed E-state index contributed by atoms with van der Waals surface area (Å²) < 4.78 is 5.94. The van der Waals surface area contributed by atoms with Crippen molar-refractivity contribution in [2.24, 2.45) is 17.1 Å². The lowest BCUT2D eigenvalue weighted by atomic mass is 9.48. The number of hydrogen-bond acceptors (Lipinski definition) is 4. The molecule has 2 N–H and O–H groups in total. The Morgan fingerprint density at radius 3 is 2.76 bits per heavy atom. The normalized spacial score (nSPS) is 44.1. The van der Waals surface area contributed by atoms with Gasteiger partial charge in [0.05, 0.1) is 6.10 Å². The molecule has 2 saturated heterocycles. The molecule has 4 atom stereocenters. The van der Waals surface area contributed by atoms with E-state index in [1.807, 2.05) is 0 Å². The van der Waals surface area contributed by atoms with Gasteiger partial charge in [0, 0.05) is 42.6 Å². The van der Waals surface area contributed by atoms with Gasteiger partial charge >= 0.3 is 0 Å². The summed E-state index contributed by atoms with van der Waals surface area (Å²) in [5.41, 5.74) is 6.99. The van der Waals surface area contributed by atoms with E-state index in [1.54, 1.807) is 0 Å². The third kappa shape index (κ3) is 2.35. The lowest BCUT2D eigenvalue weighted by Gasteiger charge is -2.63. The third-order valence-electron chi connectivity index (χ3n) is 6.62. The van der Waals surface area contributed by atoms with Crippen molar-refractivity contribution in [2.45, 2.75) is 57.7 Å². The number of hydrogen-bond donors (Lipinski definition) is 1. The van der Waals surface area contributed by atoms with Crippen molar-refractivity contribution in [2.75, 3.05) is 39.8 Å². The lowest BCUT2D eigenvalue weighted by Crippen LogP contribution is -2.78. The van der Waals surface area contributed by atoms with Crippen molar-refractivity contribution in [3.63, 3.8) is 0 Å². The summed E-state index contributed by atoms with van der Waals surface area (Å²) in [6, 6.07) is 0.648. The van der Waals surface area contributed by atoms with Crippen LogP contribution in [0.25, 0.3) is 0 Å². The molecule has 0 aromatic rings. The fraction of sp³-hybridized carbons (Fsp3) is 1.00. The number of nitrogens with zero attached hydrogens (tertiary/aromatic N) is 2. The zero-order valence-corrected chi connectivity index (χ0v) is 14.3. The van der Waals surface area contributed by atoms with Crippen LogP contribution < -0.4 is 5.73 Å². The van der Waals surface area contributed by atoms with Gasteiger partial charge in [0.25, 0.3) is 0 Å². The highest BCUT2D eigenvalue weighted by atomic mass is 16.5. The van der Waals surface area contributed by atoms with E-state index >= 15 is 0 Å². The molecule has 1 aliphatic carbocycles. The van der Waals surface area contributed by atoms with E-state index in [2.05, 4.69) is 37.6 Å². The van der Waals surface area contributed by atoms with Crippen LogP contribution in [0.5, 0.6) is 0 Å². The molecule has 0 bridgehead atoms. The first-order valence-electron chi connectivity index (χ1n) is 8.73. The van der Waals surface area contributed by atoms with Gasteiger partial charge in [-0.25, -0.2) is 0 Å². The summed E-state index contributed by atoms with van der Waals surface area (Å²) >= 11 is 0. The highest BCUT2D eigenvalue weighted by Crippen LogP contribution is 2.58. The topological polar surface area (TPSA) is 41.7 Å². The van der Waals surface area contributed by atoms with Gasteiger partial charge in [0.2, 0.25) is 0 Å². The Morgan fingerprint density at radius 1 is 1.29 bits per heavy atom. The second kappa shape index (κ2) is 5.48. The molecular formula is C17H33N3O. The molecule has 3 aliphatic rings. The average molecular weight is 295 g/mol. The van der Waals surface area contributed by atoms with Crippen LogP contribution in [0.1, 0.15) is 40.0 Å². The van der Waals surface area contributed by atoms with Gasteiger partial charge in [-0.3, -0.25) is 4.90 Å². The molecule has 3 rings (SSSR count). The Hall–Kier alpha value is -0.160. The Bertz CT molecular complexity index is 386. The zero-order chi connectivity index (χ0) is 15.3. The summed E-state index contributed by atoms with van der Waals surface area (Å²) in [6.45, 7) is 12.5. The first-order valence-corrected chi connectivity index (χ1v) is 8.73. The van der Waals surface area contributed by atoms with Crippen LogP contribution >= 0.6 is 0 Å². The molecule has 0 radical (unpaired) electrons. The molecule has 4 nitrogen and oxygen atoms in total. The maximum Gasteiger partial charge on any atom is 0.0691 e. The predicted octanol–water partition coefficient (Wildman–Crippen LogP) is 1.54. The maximum absolute atomic E-state index is 6.96. The summed E-state index contributed by atoms with van der Waals surface area (Å²) in [7, 11) is 2.25. The minimum Gasteiger partial charge on any atom is -0.377 e. The highest BCUT2D eigenvalue weighted by Gasteiger charge is 2.67. The summed E-state index contributed by atoms with van der Waals surface area (Å²) in [4.78, 5) is 5.16. The van der Waals surface area contributed by atoms with Crippen molar-refractivity contribution in [3.05, 3.63) is 0 Å². The number of rotatable bonds is 3. The molecule has 4 unspecified atom stereocenters. The second-order valence-electron chi connectivity index (χ2n) is 8.10. The van der Waals surface area contributed by atoms with Crippen molar-refractivity contribution < 1.29 is 4.74 Å². The van der Waals surface area contributed by atoms with Crippen LogP contribution in [0.2, 0.25) is 0 Å². The van der Waals surface area contributed by atoms with Crippen LogP contribution in [0, 0.1) is 11.3 Å². The minimum atomic E-state index is -0.0789. The SMILES string of the molecule is CCC1CN(C)CCCN1CC1(N)C2CCOC2C1(C)C. The van der Waals surface area contributed by atoms with E-state index in [4.69, 9.17) is 10.5 Å². The molecule has 0 aromatic carbocycles. The number of ether oxygens (including phenoxy) is 1. The van der Waals surface area contributed by atoms with Gasteiger partial charge in [-0.05, 0) is 39.4 Å². The summed E-state index contributed by atoms with van der Waals surface area (Å²) in [5, 5.41) is 0. The van der Waals surface area contributed by atoms with Crippen LogP contribution in [0.3, 0.4) is 0 Å². The number of nitrogens with two attached hydrogens (primary N) is 1. The zero-order valence-electron chi connectivity index (χ0n) is 14.3. The van der Waals surface area contributed by atoms with E-state index < -0.39 is 0 Å². The largest absolute Gasteiger partial charge is 0.377 e. The fourth-order valence-corrected chi connectivity index (χ4v) is 5.02. The number of fused-ring (bicyclic) bond motifs is 1. The smallest absolute Gasteiger partial charge is 0.0691 e. The van der Waals surface area contributed by atoms with Gasteiger partial charge in [-0.2, -0.15) is 0 Å². The van der Waals surface area contributed by atoms with Crippen LogP contribution in [0.4, 0.5) is 0 Å². The van der Waals surface area contributed by atoms with E-state index in [0.29, 0.717) is 18.1 Å². The highest BCUT2D eigenvalue weighted by molar-refractivity contribution is 5.21. The Labute approximate surface area is 130 Å². The van der Waals surface area contributed by atoms with Crippen LogP contribution in [-0.2, 0) is 4.74 Å². The molecule has 0 spiro atoms. The van der Waals surface area contributed by atoms with Crippen molar-refractivity contribution in [1.29, 1.82) is 0 Å². The molecule has 4 heteroatoms. The standard InChI is InChI=1S/C17H33N3O/c1-5-13-11-19(4)8-6-9-20(13)12-17(18)14-7-10-21-15(14)16(17,2)3/h13-15H,5-12,18H2,1-4H3. The third-order valence-corrected chi connectivity index (χ3v) is 6.62. The molecule has 3 fully saturated rings. The Morgan fingerprint density at radius 2 is 2.05 bits per heavy atom. The monoisotopic (exact) mass is 295 g/mol. The summed E-state index contributed by atoms with van der Waals surface area (Å²) in [6.07, 6.45) is 4.01. The molecular weight excluding hydrogens is 262 g/mol. The Balaban J connectivity index is 1.75. The van der Waals surface area contributed by atoms with E-state index in [-0.39, 0.29) is 11.0 Å². The predicted molar refractivity (Wildman–Crippen MR) is 86.3 cm³/mol. The fourth-order valence-electron chi connectivity index (χ4n) is 5.02. The average Bonchev–Trinajstić information content (AvgIpc) is 2.85. The minimum absolute atomic E-state index is 0.0789. The van der Waals surface area contributed by atoms with E-state index in [1.165, 1.54) is 32.5 Å². The van der Waals surface area contributed by atoms with E-state index in [9.17, 15) is 0 Å². The van der Waals surface area contributed by atoms with Crippen molar-refractivity contribution in [3.8, 4) is 0 Å². The van der Waals surface area contributed by atoms with Crippen LogP contribution in [-0.4, -0.2) is 67.3 Å². The molecule has 21 heavy (non-hydrogen) atoms. The first-order chi connectivity index (χ1) is 9.90. The van der Waals surface area contributed by atoms with Gasteiger partial charge in [-0.1, -0.05) is 20.8 Å².